The summed E-state index contributed by atoms with van der Waals surface area (Å²) in [4.78, 5) is 14.2. The van der Waals surface area contributed by atoms with Crippen LogP contribution in [0, 0.1) is 0 Å². The largest absolute Gasteiger partial charge is 0.461 e. The van der Waals surface area contributed by atoms with Crippen LogP contribution in [0.3, 0.4) is 0 Å². The van der Waals surface area contributed by atoms with Gasteiger partial charge in [0.1, 0.15) is 6.10 Å². The van der Waals surface area contributed by atoms with Gasteiger partial charge in [0.25, 0.3) is 0 Å². The molecule has 1 rings (SSSR count). The topological polar surface area (TPSA) is 29.5 Å². The number of likely N-dealkylation sites (tertiary alicyclic amines) is 1. The SMILES string of the molecule is CCCCCCCCCCCCCCCCCC(=O)OC1CCN(CC)C1. The van der Waals surface area contributed by atoms with Crippen molar-refractivity contribution in [3.8, 4) is 0 Å². The van der Waals surface area contributed by atoms with Gasteiger partial charge in [0.05, 0.1) is 0 Å². The van der Waals surface area contributed by atoms with Gasteiger partial charge in [0, 0.05) is 19.5 Å². The highest BCUT2D eigenvalue weighted by atomic mass is 16.5. The third-order valence-corrected chi connectivity index (χ3v) is 5.96. The predicted molar refractivity (Wildman–Crippen MR) is 116 cm³/mol. The van der Waals surface area contributed by atoms with Crippen molar-refractivity contribution >= 4 is 5.97 Å². The Labute approximate surface area is 169 Å². The van der Waals surface area contributed by atoms with E-state index in [-0.39, 0.29) is 12.1 Å². The molecule has 0 aromatic heterocycles. The Bertz CT molecular complexity index is 345. The Morgan fingerprint density at radius 1 is 0.778 bits per heavy atom. The van der Waals surface area contributed by atoms with Gasteiger partial charge >= 0.3 is 5.97 Å². The Morgan fingerprint density at radius 2 is 1.26 bits per heavy atom. The Hall–Kier alpha value is -0.570. The lowest BCUT2D eigenvalue weighted by molar-refractivity contribution is -0.148. The van der Waals surface area contributed by atoms with E-state index in [1.165, 1.54) is 89.9 Å². The molecule has 0 amide bonds. The highest BCUT2D eigenvalue weighted by Crippen LogP contribution is 2.15. The fraction of sp³-hybridized carbons (Fsp3) is 0.958. The second kappa shape index (κ2) is 17.5. The molecule has 0 aliphatic carbocycles. The number of carbonyl (C=O) groups is 1. The van der Waals surface area contributed by atoms with Crippen molar-refractivity contribution in [1.29, 1.82) is 0 Å². The number of hydrogen-bond acceptors (Lipinski definition) is 3. The van der Waals surface area contributed by atoms with E-state index < -0.39 is 0 Å². The van der Waals surface area contributed by atoms with E-state index in [2.05, 4.69) is 18.7 Å². The number of hydrogen-bond donors (Lipinski definition) is 0. The van der Waals surface area contributed by atoms with Gasteiger partial charge in [-0.15, -0.1) is 0 Å². The van der Waals surface area contributed by atoms with Gasteiger partial charge < -0.3 is 4.74 Å². The lowest BCUT2D eigenvalue weighted by Crippen LogP contribution is -2.24. The van der Waals surface area contributed by atoms with Crippen molar-refractivity contribution in [3.05, 3.63) is 0 Å². The maximum Gasteiger partial charge on any atom is 0.306 e. The predicted octanol–water partition coefficient (Wildman–Crippen LogP) is 6.89. The number of unbranched alkanes of at least 4 members (excludes halogenated alkanes) is 14. The van der Waals surface area contributed by atoms with Crippen molar-refractivity contribution in [2.45, 2.75) is 129 Å². The van der Waals surface area contributed by atoms with E-state index in [1.54, 1.807) is 0 Å². The number of nitrogens with zero attached hydrogens (tertiary/aromatic N) is 1. The van der Waals surface area contributed by atoms with E-state index in [0.29, 0.717) is 6.42 Å². The summed E-state index contributed by atoms with van der Waals surface area (Å²) in [5, 5.41) is 0. The van der Waals surface area contributed by atoms with E-state index in [0.717, 1.165) is 32.5 Å². The zero-order valence-corrected chi connectivity index (χ0v) is 18.5. The van der Waals surface area contributed by atoms with Crippen LogP contribution in [-0.2, 0) is 9.53 Å². The van der Waals surface area contributed by atoms with Gasteiger partial charge in [-0.05, 0) is 19.4 Å². The molecule has 1 unspecified atom stereocenters. The smallest absolute Gasteiger partial charge is 0.306 e. The molecule has 1 heterocycles. The third-order valence-electron chi connectivity index (χ3n) is 5.96. The van der Waals surface area contributed by atoms with Gasteiger partial charge in [-0.25, -0.2) is 0 Å². The van der Waals surface area contributed by atoms with Crippen LogP contribution in [0.2, 0.25) is 0 Å². The van der Waals surface area contributed by atoms with E-state index in [1.807, 2.05) is 0 Å². The van der Waals surface area contributed by atoms with Crippen molar-refractivity contribution in [2.75, 3.05) is 19.6 Å². The first-order valence-corrected chi connectivity index (χ1v) is 12.2. The summed E-state index contributed by atoms with van der Waals surface area (Å²) in [6, 6.07) is 0. The normalized spacial score (nSPS) is 17.5. The second-order valence-electron chi connectivity index (χ2n) is 8.49. The van der Waals surface area contributed by atoms with Crippen LogP contribution < -0.4 is 0 Å². The number of likely N-dealkylation sites (N-methyl/N-ethyl adjacent to an activating group) is 1. The average molecular weight is 382 g/mol. The number of ether oxygens (including phenoxy) is 1. The summed E-state index contributed by atoms with van der Waals surface area (Å²) >= 11 is 0. The second-order valence-corrected chi connectivity index (χ2v) is 8.49. The van der Waals surface area contributed by atoms with Crippen LogP contribution in [0.4, 0.5) is 0 Å². The fourth-order valence-electron chi connectivity index (χ4n) is 4.07. The van der Waals surface area contributed by atoms with Crippen LogP contribution >= 0.6 is 0 Å². The molecule has 27 heavy (non-hydrogen) atoms. The zero-order chi connectivity index (χ0) is 19.6. The number of esters is 1. The molecule has 160 valence electrons. The maximum absolute atomic E-state index is 11.9. The van der Waals surface area contributed by atoms with Gasteiger partial charge in [-0.2, -0.15) is 0 Å². The maximum atomic E-state index is 11.9. The van der Waals surface area contributed by atoms with Crippen molar-refractivity contribution < 1.29 is 9.53 Å². The Morgan fingerprint density at radius 3 is 1.70 bits per heavy atom. The molecule has 3 heteroatoms. The molecule has 1 saturated heterocycles. The average Bonchev–Trinajstić information content (AvgIpc) is 3.12. The minimum atomic E-state index is 0.0210. The first-order valence-electron chi connectivity index (χ1n) is 12.2. The van der Waals surface area contributed by atoms with E-state index >= 15 is 0 Å². The molecule has 1 fully saturated rings. The number of rotatable bonds is 18. The van der Waals surface area contributed by atoms with Crippen LogP contribution in [0.1, 0.15) is 123 Å². The quantitative estimate of drug-likeness (QED) is 0.191. The zero-order valence-electron chi connectivity index (χ0n) is 18.5. The summed E-state index contributed by atoms with van der Waals surface area (Å²) < 4.78 is 5.58. The summed E-state index contributed by atoms with van der Waals surface area (Å²) in [6.45, 7) is 7.52. The lowest BCUT2D eigenvalue weighted by atomic mass is 10.0. The fourth-order valence-corrected chi connectivity index (χ4v) is 4.07. The van der Waals surface area contributed by atoms with Crippen LogP contribution in [0.15, 0.2) is 0 Å². The minimum absolute atomic E-state index is 0.0210. The highest BCUT2D eigenvalue weighted by molar-refractivity contribution is 5.69. The number of carbonyl (C=O) groups excluding carboxylic acids is 1. The van der Waals surface area contributed by atoms with E-state index in [9.17, 15) is 4.79 Å². The summed E-state index contributed by atoms with van der Waals surface area (Å²) in [5.41, 5.74) is 0. The molecular formula is C24H47NO2. The molecular weight excluding hydrogens is 334 g/mol. The highest BCUT2D eigenvalue weighted by Gasteiger charge is 2.23. The summed E-state index contributed by atoms with van der Waals surface area (Å²) in [5.74, 6) is 0.0210. The van der Waals surface area contributed by atoms with Crippen LogP contribution in [-0.4, -0.2) is 36.6 Å². The molecule has 0 radical (unpaired) electrons. The molecule has 1 aliphatic rings. The van der Waals surface area contributed by atoms with E-state index in [4.69, 9.17) is 4.74 Å². The van der Waals surface area contributed by atoms with Gasteiger partial charge in [-0.3, -0.25) is 9.69 Å². The Balaban J connectivity index is 1.76. The Kier molecular flexibility index (Phi) is 15.9. The first kappa shape index (κ1) is 24.5. The van der Waals surface area contributed by atoms with Gasteiger partial charge in [0.15, 0.2) is 0 Å². The molecule has 0 aromatic rings. The monoisotopic (exact) mass is 381 g/mol. The molecule has 0 spiro atoms. The minimum Gasteiger partial charge on any atom is -0.461 e. The first-order chi connectivity index (χ1) is 13.3. The standard InChI is InChI=1S/C24H47NO2/c1-3-5-6-7-8-9-10-11-12-13-14-15-16-17-18-19-24(26)27-23-20-21-25(4-2)22-23/h23H,3-22H2,1-2H3. The molecule has 3 nitrogen and oxygen atoms in total. The van der Waals surface area contributed by atoms with Crippen LogP contribution in [0.5, 0.6) is 0 Å². The summed E-state index contributed by atoms with van der Waals surface area (Å²) in [6.07, 6.45) is 22.1. The van der Waals surface area contributed by atoms with Gasteiger partial charge in [-0.1, -0.05) is 104 Å². The van der Waals surface area contributed by atoms with Crippen molar-refractivity contribution in [1.82, 2.24) is 4.90 Å². The molecule has 1 atom stereocenters. The molecule has 0 aromatic carbocycles. The molecule has 0 N–H and O–H groups in total. The third kappa shape index (κ3) is 14.1. The molecule has 1 aliphatic heterocycles. The lowest BCUT2D eigenvalue weighted by Gasteiger charge is -2.13. The molecule has 0 bridgehead atoms. The van der Waals surface area contributed by atoms with Crippen LogP contribution in [0.25, 0.3) is 0 Å². The molecule has 0 saturated carbocycles. The summed E-state index contributed by atoms with van der Waals surface area (Å²) in [7, 11) is 0. The van der Waals surface area contributed by atoms with Crippen molar-refractivity contribution in [3.63, 3.8) is 0 Å². The van der Waals surface area contributed by atoms with Gasteiger partial charge in [0.2, 0.25) is 0 Å². The van der Waals surface area contributed by atoms with Crippen molar-refractivity contribution in [2.24, 2.45) is 0 Å².